The van der Waals surface area contributed by atoms with Gasteiger partial charge in [-0.2, -0.15) is 0 Å². The maximum Gasteiger partial charge on any atom is 0.331 e. The van der Waals surface area contributed by atoms with Crippen LogP contribution in [0.1, 0.15) is 67.2 Å². The quantitative estimate of drug-likeness (QED) is 0.544. The molecule has 2 saturated heterocycles. The Morgan fingerprint density at radius 1 is 0.967 bits per heavy atom. The van der Waals surface area contributed by atoms with Gasteiger partial charge in [0.15, 0.2) is 0 Å². The fraction of sp³-hybridized carbons (Fsp3) is 0.545. The molecule has 0 aliphatic carbocycles. The topological polar surface area (TPSA) is 87.2 Å². The van der Waals surface area contributed by atoms with Crippen molar-refractivity contribution >= 4 is 23.7 Å². The predicted molar refractivity (Wildman–Crippen MR) is 107 cm³/mol. The molecule has 30 heavy (non-hydrogen) atoms. The highest BCUT2D eigenvalue weighted by Gasteiger charge is 2.49. The van der Waals surface area contributed by atoms with Gasteiger partial charge in [-0.05, 0) is 58.6 Å². The molecule has 1 aromatic rings. The van der Waals surface area contributed by atoms with Crippen LogP contribution in [0, 0.1) is 0 Å². The highest BCUT2D eigenvalue weighted by atomic mass is 16.6. The number of ether oxygens (including phenoxy) is 1. The zero-order valence-corrected chi connectivity index (χ0v) is 17.6. The molecule has 3 aliphatic rings. The molecule has 4 rings (SSSR count). The molecule has 3 amide bonds. The summed E-state index contributed by atoms with van der Waals surface area (Å²) >= 11 is 0. The third-order valence-corrected chi connectivity index (χ3v) is 5.71. The summed E-state index contributed by atoms with van der Waals surface area (Å²) in [6.07, 6.45) is 2.27. The van der Waals surface area contributed by atoms with Crippen molar-refractivity contribution in [3.63, 3.8) is 0 Å². The number of esters is 1. The molecule has 3 heterocycles. The van der Waals surface area contributed by atoms with Gasteiger partial charge in [0.05, 0.1) is 11.1 Å². The smallest absolute Gasteiger partial charge is 0.331 e. The molecule has 8 heteroatoms. The summed E-state index contributed by atoms with van der Waals surface area (Å²) in [5.74, 6) is -1.75. The van der Waals surface area contributed by atoms with Crippen LogP contribution in [0.15, 0.2) is 24.3 Å². The summed E-state index contributed by atoms with van der Waals surface area (Å²) in [6.45, 7) is 6.61. The van der Waals surface area contributed by atoms with Gasteiger partial charge in [-0.3, -0.25) is 24.3 Å². The van der Waals surface area contributed by atoms with Crippen LogP contribution in [0.25, 0.3) is 0 Å². The van der Waals surface area contributed by atoms with E-state index in [1.54, 1.807) is 45.0 Å². The Morgan fingerprint density at radius 2 is 1.53 bits per heavy atom. The van der Waals surface area contributed by atoms with Crippen molar-refractivity contribution in [1.29, 1.82) is 0 Å². The summed E-state index contributed by atoms with van der Waals surface area (Å²) in [5, 5.41) is 3.33. The first-order valence-corrected chi connectivity index (χ1v) is 10.5. The first kappa shape index (κ1) is 20.5. The van der Waals surface area contributed by atoms with Crippen LogP contribution in [-0.2, 0) is 14.3 Å². The molecule has 3 aliphatic heterocycles. The predicted octanol–water partition coefficient (Wildman–Crippen LogP) is 1.99. The number of carbonyl (C=O) groups is 4. The molecule has 0 spiro atoms. The molecule has 0 aromatic heterocycles. The second-order valence-electron chi connectivity index (χ2n) is 9.01. The number of fused-ring (bicyclic) bond motifs is 2. The van der Waals surface area contributed by atoms with Gasteiger partial charge in [0.2, 0.25) is 0 Å². The molecular formula is C22H27N3O5. The van der Waals surface area contributed by atoms with Crippen molar-refractivity contribution in [3.8, 4) is 0 Å². The van der Waals surface area contributed by atoms with E-state index < -0.39 is 41.4 Å². The molecule has 2 atom stereocenters. The van der Waals surface area contributed by atoms with E-state index in [0.29, 0.717) is 43.5 Å². The average Bonchev–Trinajstić information content (AvgIpc) is 2.83. The minimum absolute atomic E-state index is 0.318. The fourth-order valence-corrected chi connectivity index (χ4v) is 4.47. The highest BCUT2D eigenvalue weighted by Crippen LogP contribution is 2.31. The Hall–Kier alpha value is -2.74. The number of nitrogens with zero attached hydrogens (tertiary/aromatic N) is 3. The van der Waals surface area contributed by atoms with Gasteiger partial charge in [-0.1, -0.05) is 12.1 Å². The monoisotopic (exact) mass is 413 g/mol. The van der Waals surface area contributed by atoms with Crippen LogP contribution in [0.2, 0.25) is 0 Å². The van der Waals surface area contributed by atoms with Crippen LogP contribution >= 0.6 is 0 Å². The SMILES string of the molecule is CC(C)(C)OC(=O)[C@@H]1CCCN2CCC[C@H](N3C(=O)c4ccccc4C3=O)C(=O)N12. The van der Waals surface area contributed by atoms with Crippen molar-refractivity contribution < 1.29 is 23.9 Å². The third kappa shape index (κ3) is 3.49. The zero-order chi connectivity index (χ0) is 21.6. The van der Waals surface area contributed by atoms with Crippen LogP contribution < -0.4 is 0 Å². The summed E-state index contributed by atoms with van der Waals surface area (Å²) < 4.78 is 5.56. The van der Waals surface area contributed by atoms with Gasteiger partial charge in [-0.15, -0.1) is 0 Å². The van der Waals surface area contributed by atoms with Gasteiger partial charge < -0.3 is 4.74 Å². The highest BCUT2D eigenvalue weighted by molar-refractivity contribution is 6.22. The molecule has 1 aromatic carbocycles. The molecule has 160 valence electrons. The lowest BCUT2D eigenvalue weighted by molar-refractivity contribution is -0.184. The summed E-state index contributed by atoms with van der Waals surface area (Å²) in [7, 11) is 0. The molecule has 0 bridgehead atoms. The molecule has 8 nitrogen and oxygen atoms in total. The summed E-state index contributed by atoms with van der Waals surface area (Å²) in [4.78, 5) is 53.5. The van der Waals surface area contributed by atoms with Crippen molar-refractivity contribution in [2.75, 3.05) is 13.1 Å². The van der Waals surface area contributed by atoms with E-state index in [1.165, 1.54) is 5.01 Å². The van der Waals surface area contributed by atoms with E-state index in [4.69, 9.17) is 4.74 Å². The molecular weight excluding hydrogens is 386 g/mol. The van der Waals surface area contributed by atoms with Gasteiger partial charge >= 0.3 is 5.97 Å². The molecule has 0 unspecified atom stereocenters. The van der Waals surface area contributed by atoms with E-state index in [0.717, 1.165) is 11.3 Å². The number of hydrazine groups is 1. The van der Waals surface area contributed by atoms with Crippen molar-refractivity contribution in [3.05, 3.63) is 35.4 Å². The Morgan fingerprint density at radius 3 is 2.10 bits per heavy atom. The fourth-order valence-electron chi connectivity index (χ4n) is 4.47. The van der Waals surface area contributed by atoms with Crippen molar-refractivity contribution in [1.82, 2.24) is 14.9 Å². The number of carbonyl (C=O) groups excluding carboxylic acids is 4. The Bertz CT molecular complexity index is 871. The van der Waals surface area contributed by atoms with E-state index >= 15 is 0 Å². The summed E-state index contributed by atoms with van der Waals surface area (Å²) in [5.41, 5.74) is -0.0339. The molecule has 0 radical (unpaired) electrons. The molecule has 2 fully saturated rings. The standard InChI is InChI=1S/C22H27N3O5/c1-22(2,3)30-21(29)17-11-7-13-23-12-6-10-16(20(28)25(17)23)24-18(26)14-8-4-5-9-15(14)19(24)27/h4-5,8-9,16-17H,6-7,10-13H2,1-3H3/t16-,17-/m0/s1. The maximum atomic E-state index is 13.6. The Labute approximate surface area is 175 Å². The van der Waals surface area contributed by atoms with Crippen molar-refractivity contribution in [2.24, 2.45) is 0 Å². The number of amides is 3. The minimum atomic E-state index is -0.926. The first-order valence-electron chi connectivity index (χ1n) is 10.5. The number of benzene rings is 1. The minimum Gasteiger partial charge on any atom is -0.458 e. The molecule has 0 saturated carbocycles. The Balaban J connectivity index is 1.64. The second-order valence-corrected chi connectivity index (χ2v) is 9.01. The van der Waals surface area contributed by atoms with Crippen molar-refractivity contribution in [2.45, 2.75) is 64.1 Å². The third-order valence-electron chi connectivity index (χ3n) is 5.71. The van der Waals surface area contributed by atoms with E-state index in [-0.39, 0.29) is 0 Å². The zero-order valence-electron chi connectivity index (χ0n) is 17.6. The van der Waals surface area contributed by atoms with Gasteiger partial charge in [0, 0.05) is 13.1 Å². The number of rotatable bonds is 2. The normalized spacial score (nSPS) is 25.1. The van der Waals surface area contributed by atoms with E-state index in [9.17, 15) is 19.2 Å². The van der Waals surface area contributed by atoms with Gasteiger partial charge in [0.25, 0.3) is 17.7 Å². The number of hydrogen-bond acceptors (Lipinski definition) is 6. The lowest BCUT2D eigenvalue weighted by Gasteiger charge is -2.43. The van der Waals surface area contributed by atoms with Crippen LogP contribution in [-0.4, -0.2) is 69.4 Å². The van der Waals surface area contributed by atoms with Crippen LogP contribution in [0.5, 0.6) is 0 Å². The largest absolute Gasteiger partial charge is 0.458 e. The molecule has 0 N–H and O–H groups in total. The number of imide groups is 1. The van der Waals surface area contributed by atoms with Gasteiger partial charge in [-0.25, -0.2) is 9.80 Å². The maximum absolute atomic E-state index is 13.6. The van der Waals surface area contributed by atoms with Crippen LogP contribution in [0.3, 0.4) is 0 Å². The average molecular weight is 413 g/mol. The van der Waals surface area contributed by atoms with Crippen LogP contribution in [0.4, 0.5) is 0 Å². The Kier molecular flexibility index (Phi) is 5.13. The van der Waals surface area contributed by atoms with E-state index in [2.05, 4.69) is 0 Å². The van der Waals surface area contributed by atoms with Gasteiger partial charge in [0.1, 0.15) is 17.7 Å². The van der Waals surface area contributed by atoms with E-state index in [1.807, 2.05) is 5.01 Å². The lowest BCUT2D eigenvalue weighted by Crippen LogP contribution is -2.62. The first-order chi connectivity index (χ1) is 14.2. The second kappa shape index (κ2) is 7.50. The summed E-state index contributed by atoms with van der Waals surface area (Å²) in [6, 6.07) is 4.94. The lowest BCUT2D eigenvalue weighted by atomic mass is 10.1. The number of hydrogen-bond donors (Lipinski definition) is 0.